The predicted molar refractivity (Wildman–Crippen MR) is 102 cm³/mol. The van der Waals surface area contributed by atoms with Crippen LogP contribution in [0.25, 0.3) is 11.1 Å². The summed E-state index contributed by atoms with van der Waals surface area (Å²) in [4.78, 5) is 18.8. The van der Waals surface area contributed by atoms with Gasteiger partial charge < -0.3 is 9.32 Å². The minimum Gasteiger partial charge on any atom is -0.408 e. The van der Waals surface area contributed by atoms with Gasteiger partial charge in [0.15, 0.2) is 5.58 Å². The molecule has 0 atom stereocenters. The first kappa shape index (κ1) is 17.8. The number of fused-ring (bicyclic) bond motifs is 1. The second-order valence-electron chi connectivity index (χ2n) is 6.61. The van der Waals surface area contributed by atoms with Crippen molar-refractivity contribution in [3.63, 3.8) is 0 Å². The fourth-order valence-corrected chi connectivity index (χ4v) is 3.93. The number of benzene rings is 2. The minimum absolute atomic E-state index is 0.118. The van der Waals surface area contributed by atoms with Crippen LogP contribution >= 0.6 is 0 Å². The van der Waals surface area contributed by atoms with E-state index < -0.39 is 15.8 Å². The summed E-state index contributed by atoms with van der Waals surface area (Å²) < 4.78 is 27.8. The highest BCUT2D eigenvalue weighted by atomic mass is 32.2. The molecule has 1 saturated heterocycles. The molecule has 0 saturated carbocycles. The van der Waals surface area contributed by atoms with E-state index in [0.717, 1.165) is 49.5 Å². The number of aromatic nitrogens is 1. The van der Waals surface area contributed by atoms with Gasteiger partial charge in [0, 0.05) is 38.4 Å². The van der Waals surface area contributed by atoms with Gasteiger partial charge in [-0.25, -0.2) is 18.4 Å². The maximum Gasteiger partial charge on any atom is 0.417 e. The zero-order valence-corrected chi connectivity index (χ0v) is 15.4. The molecule has 4 rings (SSSR count). The Morgan fingerprint density at radius 3 is 2.41 bits per heavy atom. The number of aromatic amines is 1. The van der Waals surface area contributed by atoms with Gasteiger partial charge in [0.1, 0.15) is 0 Å². The number of H-pyrrole nitrogens is 1. The maximum atomic E-state index is 11.4. The molecule has 2 heterocycles. The van der Waals surface area contributed by atoms with E-state index in [1.165, 1.54) is 12.1 Å². The van der Waals surface area contributed by atoms with Crippen molar-refractivity contribution in [1.82, 2.24) is 9.88 Å². The van der Waals surface area contributed by atoms with E-state index in [1.54, 1.807) is 18.2 Å². The summed E-state index contributed by atoms with van der Waals surface area (Å²) in [6.45, 7) is 4.09. The molecule has 0 aliphatic carbocycles. The van der Waals surface area contributed by atoms with Crippen molar-refractivity contribution < 1.29 is 12.8 Å². The number of hydrogen-bond donors (Lipinski definition) is 2. The Morgan fingerprint density at radius 2 is 1.74 bits per heavy atom. The number of sulfonamides is 1. The Balaban J connectivity index is 1.42. The number of para-hydroxylation sites is 1. The molecular weight excluding hydrogens is 368 g/mol. The van der Waals surface area contributed by atoms with E-state index in [1.807, 2.05) is 12.1 Å². The van der Waals surface area contributed by atoms with Gasteiger partial charge in [-0.05, 0) is 35.9 Å². The van der Waals surface area contributed by atoms with Crippen LogP contribution in [0, 0.1) is 0 Å². The first-order chi connectivity index (χ1) is 12.9. The monoisotopic (exact) mass is 388 g/mol. The first-order valence-electron chi connectivity index (χ1n) is 8.61. The number of hydrogen-bond acceptors (Lipinski definition) is 6. The van der Waals surface area contributed by atoms with E-state index in [-0.39, 0.29) is 4.90 Å². The third kappa shape index (κ3) is 3.75. The van der Waals surface area contributed by atoms with Crippen LogP contribution in [0.4, 0.5) is 5.69 Å². The zero-order valence-electron chi connectivity index (χ0n) is 14.6. The number of oxazole rings is 1. The van der Waals surface area contributed by atoms with Crippen LogP contribution in [-0.2, 0) is 16.6 Å². The summed E-state index contributed by atoms with van der Waals surface area (Å²) in [6, 6.07) is 12.3. The molecule has 0 unspecified atom stereocenters. The molecule has 9 heteroatoms. The molecule has 2 aromatic carbocycles. The Bertz CT molecular complexity index is 1110. The summed E-state index contributed by atoms with van der Waals surface area (Å²) >= 11 is 0. The van der Waals surface area contributed by atoms with Crippen molar-refractivity contribution >= 4 is 26.8 Å². The van der Waals surface area contributed by atoms with Crippen molar-refractivity contribution in [2.24, 2.45) is 5.14 Å². The molecule has 1 fully saturated rings. The smallest absolute Gasteiger partial charge is 0.408 e. The lowest BCUT2D eigenvalue weighted by Gasteiger charge is -2.36. The van der Waals surface area contributed by atoms with Crippen LogP contribution in [0.5, 0.6) is 0 Å². The SMILES string of the molecule is NS(=O)(=O)c1ccc(N2CCN(Cc3cccc4oc(=O)[nH]c34)CC2)cc1. The number of nitrogens with one attached hydrogen (secondary N) is 1. The average Bonchev–Trinajstić information content (AvgIpc) is 3.03. The molecule has 0 radical (unpaired) electrons. The molecule has 1 aliphatic rings. The van der Waals surface area contributed by atoms with Crippen LogP contribution in [-0.4, -0.2) is 44.5 Å². The predicted octanol–water partition coefficient (Wildman–Crippen LogP) is 1.09. The van der Waals surface area contributed by atoms with Crippen LogP contribution in [0.2, 0.25) is 0 Å². The molecule has 8 nitrogen and oxygen atoms in total. The van der Waals surface area contributed by atoms with E-state index in [4.69, 9.17) is 9.56 Å². The maximum absolute atomic E-state index is 11.4. The standard InChI is InChI=1S/C18H20N4O4S/c19-27(24,25)15-6-4-14(5-7-15)22-10-8-21(9-11-22)12-13-2-1-3-16-17(13)20-18(23)26-16/h1-7H,8-12H2,(H,20,23)(H2,19,24,25). The fraction of sp³-hybridized carbons (Fsp3) is 0.278. The van der Waals surface area contributed by atoms with Gasteiger partial charge in [-0.15, -0.1) is 0 Å². The van der Waals surface area contributed by atoms with Crippen LogP contribution in [0.3, 0.4) is 0 Å². The van der Waals surface area contributed by atoms with Crippen molar-refractivity contribution in [3.05, 3.63) is 58.6 Å². The van der Waals surface area contributed by atoms with Crippen LogP contribution < -0.4 is 15.8 Å². The lowest BCUT2D eigenvalue weighted by Crippen LogP contribution is -2.46. The number of nitrogens with zero attached hydrogens (tertiary/aromatic N) is 2. The molecule has 0 spiro atoms. The topological polar surface area (TPSA) is 113 Å². The van der Waals surface area contributed by atoms with Crippen molar-refractivity contribution in [3.8, 4) is 0 Å². The van der Waals surface area contributed by atoms with Gasteiger partial charge in [-0.3, -0.25) is 9.88 Å². The summed E-state index contributed by atoms with van der Waals surface area (Å²) in [5, 5.41) is 5.14. The lowest BCUT2D eigenvalue weighted by atomic mass is 10.1. The molecule has 1 aliphatic heterocycles. The highest BCUT2D eigenvalue weighted by Gasteiger charge is 2.19. The van der Waals surface area contributed by atoms with Gasteiger partial charge in [0.25, 0.3) is 0 Å². The quantitative estimate of drug-likeness (QED) is 0.692. The highest BCUT2D eigenvalue weighted by molar-refractivity contribution is 7.89. The van der Waals surface area contributed by atoms with E-state index in [0.29, 0.717) is 5.58 Å². The number of nitrogens with two attached hydrogens (primary N) is 1. The Hall–Kier alpha value is -2.62. The number of anilines is 1. The van der Waals surface area contributed by atoms with Crippen molar-refractivity contribution in [2.45, 2.75) is 11.4 Å². The number of primary sulfonamides is 1. The summed E-state index contributed by atoms with van der Waals surface area (Å²) in [5.74, 6) is -0.440. The second-order valence-corrected chi connectivity index (χ2v) is 8.17. The third-order valence-electron chi connectivity index (χ3n) is 4.84. The summed E-state index contributed by atoms with van der Waals surface area (Å²) in [7, 11) is -3.67. The first-order valence-corrected chi connectivity index (χ1v) is 10.2. The lowest BCUT2D eigenvalue weighted by molar-refractivity contribution is 0.250. The van der Waals surface area contributed by atoms with Gasteiger partial charge in [-0.1, -0.05) is 12.1 Å². The average molecular weight is 388 g/mol. The molecular formula is C18H20N4O4S. The van der Waals surface area contributed by atoms with Gasteiger partial charge in [0.2, 0.25) is 10.0 Å². The molecule has 27 heavy (non-hydrogen) atoms. The number of rotatable bonds is 4. The minimum atomic E-state index is -3.67. The van der Waals surface area contributed by atoms with Crippen LogP contribution in [0.15, 0.2) is 56.6 Å². The van der Waals surface area contributed by atoms with Gasteiger partial charge in [-0.2, -0.15) is 0 Å². The van der Waals surface area contributed by atoms with Gasteiger partial charge >= 0.3 is 5.76 Å². The summed E-state index contributed by atoms with van der Waals surface area (Å²) in [6.07, 6.45) is 0. The fourth-order valence-electron chi connectivity index (χ4n) is 3.41. The Kier molecular flexibility index (Phi) is 4.50. The van der Waals surface area contributed by atoms with E-state index in [9.17, 15) is 13.2 Å². The largest absolute Gasteiger partial charge is 0.417 e. The van der Waals surface area contributed by atoms with E-state index in [2.05, 4.69) is 14.8 Å². The Morgan fingerprint density at radius 1 is 1.04 bits per heavy atom. The number of piperazine rings is 1. The van der Waals surface area contributed by atoms with E-state index >= 15 is 0 Å². The summed E-state index contributed by atoms with van der Waals surface area (Å²) in [5.41, 5.74) is 3.34. The second kappa shape index (κ2) is 6.84. The third-order valence-corrected chi connectivity index (χ3v) is 5.77. The molecule has 3 N–H and O–H groups in total. The highest BCUT2D eigenvalue weighted by Crippen LogP contribution is 2.21. The Labute approximate surface area is 156 Å². The van der Waals surface area contributed by atoms with Crippen molar-refractivity contribution in [1.29, 1.82) is 0 Å². The molecule has 1 aromatic heterocycles. The van der Waals surface area contributed by atoms with Gasteiger partial charge in [0.05, 0.1) is 10.4 Å². The zero-order chi connectivity index (χ0) is 19.0. The molecule has 3 aromatic rings. The van der Waals surface area contributed by atoms with Crippen molar-refractivity contribution in [2.75, 3.05) is 31.1 Å². The normalized spacial score (nSPS) is 16.1. The van der Waals surface area contributed by atoms with Crippen LogP contribution in [0.1, 0.15) is 5.56 Å². The molecule has 142 valence electrons. The molecule has 0 amide bonds. The molecule has 0 bridgehead atoms.